The Morgan fingerprint density at radius 1 is 1.29 bits per heavy atom. The molecule has 108 valence electrons. The van der Waals surface area contributed by atoms with Crippen molar-refractivity contribution in [2.45, 2.75) is 6.54 Å². The molecule has 3 rings (SSSR count). The maximum Gasteiger partial charge on any atom is 0.257 e. The first-order valence-corrected chi connectivity index (χ1v) is 7.04. The summed E-state index contributed by atoms with van der Waals surface area (Å²) in [5, 5.41) is 19.7. The lowest BCUT2D eigenvalue weighted by atomic mass is 10.2. The molecule has 2 N–H and O–H groups in total. The highest BCUT2D eigenvalue weighted by atomic mass is 79.9. The van der Waals surface area contributed by atoms with Crippen LogP contribution in [-0.4, -0.2) is 37.0 Å². The molecule has 0 fully saturated rings. The van der Waals surface area contributed by atoms with Gasteiger partial charge in [0.25, 0.3) is 5.91 Å². The van der Waals surface area contributed by atoms with Gasteiger partial charge in [-0.15, -0.1) is 0 Å². The molecule has 0 aliphatic carbocycles. The van der Waals surface area contributed by atoms with Crippen molar-refractivity contribution in [1.29, 1.82) is 0 Å². The number of halogens is 1. The zero-order valence-corrected chi connectivity index (χ0v) is 12.5. The molecule has 0 aromatic carbocycles. The molecular formula is C13H12BrN5O2. The fourth-order valence-corrected chi connectivity index (χ4v) is 2.35. The maximum atomic E-state index is 12.2. The number of aliphatic hydroxyl groups excluding tert-OH is 1. The van der Waals surface area contributed by atoms with Gasteiger partial charge in [0.15, 0.2) is 0 Å². The SMILES string of the molecule is O=C(Nc1cnn(CCO)c1)c1ccc2c(Br)cnn2c1. The van der Waals surface area contributed by atoms with Crippen LogP contribution >= 0.6 is 15.9 Å². The molecule has 3 aromatic rings. The normalized spacial score (nSPS) is 11.0. The summed E-state index contributed by atoms with van der Waals surface area (Å²) in [6, 6.07) is 3.55. The molecule has 0 aliphatic heterocycles. The van der Waals surface area contributed by atoms with Crippen LogP contribution < -0.4 is 5.32 Å². The predicted molar refractivity (Wildman–Crippen MR) is 80.2 cm³/mol. The van der Waals surface area contributed by atoms with E-state index < -0.39 is 0 Å². The standard InChI is InChI=1S/C13H12BrN5O2/c14-11-6-16-19-7-9(1-2-12(11)19)13(21)17-10-5-15-18(8-10)3-4-20/h1-2,5-8,20H,3-4H2,(H,17,21). The minimum Gasteiger partial charge on any atom is -0.394 e. The van der Waals surface area contributed by atoms with Crippen LogP contribution in [0.5, 0.6) is 0 Å². The fraction of sp³-hybridized carbons (Fsp3) is 0.154. The largest absolute Gasteiger partial charge is 0.394 e. The first kappa shape index (κ1) is 13.8. The quantitative estimate of drug-likeness (QED) is 0.748. The highest BCUT2D eigenvalue weighted by Crippen LogP contribution is 2.18. The Morgan fingerprint density at radius 2 is 2.14 bits per heavy atom. The number of amides is 1. The molecule has 8 heteroatoms. The van der Waals surface area contributed by atoms with E-state index in [1.165, 1.54) is 6.20 Å². The number of hydrogen-bond acceptors (Lipinski definition) is 4. The smallest absolute Gasteiger partial charge is 0.257 e. The third-order valence-electron chi connectivity index (χ3n) is 2.95. The third-order valence-corrected chi connectivity index (χ3v) is 3.56. The molecular weight excluding hydrogens is 338 g/mol. The highest BCUT2D eigenvalue weighted by Gasteiger charge is 2.10. The number of fused-ring (bicyclic) bond motifs is 1. The van der Waals surface area contributed by atoms with Gasteiger partial charge in [-0.1, -0.05) is 0 Å². The van der Waals surface area contributed by atoms with Crippen LogP contribution in [0.1, 0.15) is 10.4 Å². The van der Waals surface area contributed by atoms with Gasteiger partial charge in [0.2, 0.25) is 0 Å². The third kappa shape index (κ3) is 2.81. The summed E-state index contributed by atoms with van der Waals surface area (Å²) in [5.74, 6) is -0.243. The van der Waals surface area contributed by atoms with Crippen LogP contribution in [0, 0.1) is 0 Å². The second-order valence-electron chi connectivity index (χ2n) is 4.41. The van der Waals surface area contributed by atoms with Gasteiger partial charge < -0.3 is 10.4 Å². The minimum absolute atomic E-state index is 0.0000889. The Bertz CT molecular complexity index is 795. The second-order valence-corrected chi connectivity index (χ2v) is 5.26. The number of pyridine rings is 1. The molecule has 0 saturated carbocycles. The number of rotatable bonds is 4. The maximum absolute atomic E-state index is 12.2. The van der Waals surface area contributed by atoms with Crippen LogP contribution in [0.15, 0.2) is 41.4 Å². The molecule has 1 amide bonds. The van der Waals surface area contributed by atoms with Crippen LogP contribution in [0.3, 0.4) is 0 Å². The monoisotopic (exact) mass is 349 g/mol. The number of aliphatic hydroxyl groups is 1. The molecule has 3 heterocycles. The first-order valence-electron chi connectivity index (χ1n) is 6.25. The molecule has 0 radical (unpaired) electrons. The predicted octanol–water partition coefficient (Wildman–Crippen LogP) is 1.54. The van der Waals surface area contributed by atoms with Crippen molar-refractivity contribution < 1.29 is 9.90 Å². The number of anilines is 1. The van der Waals surface area contributed by atoms with E-state index in [2.05, 4.69) is 31.4 Å². The lowest BCUT2D eigenvalue weighted by Gasteiger charge is -2.03. The van der Waals surface area contributed by atoms with E-state index in [0.29, 0.717) is 17.8 Å². The Labute approximate surface area is 128 Å². The second kappa shape index (κ2) is 5.66. The van der Waals surface area contributed by atoms with Crippen LogP contribution in [0.25, 0.3) is 5.52 Å². The van der Waals surface area contributed by atoms with Gasteiger partial charge in [0, 0.05) is 12.4 Å². The summed E-state index contributed by atoms with van der Waals surface area (Å²) in [6.45, 7) is 0.392. The van der Waals surface area contributed by atoms with Gasteiger partial charge in [-0.25, -0.2) is 4.52 Å². The van der Waals surface area contributed by atoms with Gasteiger partial charge >= 0.3 is 0 Å². The van der Waals surface area contributed by atoms with Crippen molar-refractivity contribution in [3.63, 3.8) is 0 Å². The lowest BCUT2D eigenvalue weighted by Crippen LogP contribution is -2.12. The Hall–Kier alpha value is -2.19. The molecule has 0 aliphatic rings. The van der Waals surface area contributed by atoms with Gasteiger partial charge in [-0.3, -0.25) is 9.48 Å². The van der Waals surface area contributed by atoms with E-state index in [4.69, 9.17) is 5.11 Å². The number of nitrogens with zero attached hydrogens (tertiary/aromatic N) is 4. The first-order chi connectivity index (χ1) is 10.2. The summed E-state index contributed by atoms with van der Waals surface area (Å²) >= 11 is 3.38. The average molecular weight is 350 g/mol. The highest BCUT2D eigenvalue weighted by molar-refractivity contribution is 9.10. The zero-order chi connectivity index (χ0) is 14.8. The molecule has 7 nitrogen and oxygen atoms in total. The summed E-state index contributed by atoms with van der Waals surface area (Å²) in [6.07, 6.45) is 6.54. The average Bonchev–Trinajstić information content (AvgIpc) is 3.06. The van der Waals surface area contributed by atoms with Crippen LogP contribution in [0.2, 0.25) is 0 Å². The fourth-order valence-electron chi connectivity index (χ4n) is 1.94. The van der Waals surface area contributed by atoms with Crippen LogP contribution in [-0.2, 0) is 6.54 Å². The topological polar surface area (TPSA) is 84.5 Å². The van der Waals surface area contributed by atoms with Crippen LogP contribution in [0.4, 0.5) is 5.69 Å². The minimum atomic E-state index is -0.243. The lowest BCUT2D eigenvalue weighted by molar-refractivity contribution is 0.102. The summed E-state index contributed by atoms with van der Waals surface area (Å²) < 4.78 is 4.07. The van der Waals surface area contributed by atoms with Crippen molar-refractivity contribution in [3.05, 3.63) is 47.0 Å². The molecule has 0 unspecified atom stereocenters. The molecule has 3 aromatic heterocycles. The van der Waals surface area contributed by atoms with E-state index in [1.54, 1.807) is 33.9 Å². The molecule has 0 spiro atoms. The molecule has 21 heavy (non-hydrogen) atoms. The van der Waals surface area contributed by atoms with Crippen molar-refractivity contribution in [3.8, 4) is 0 Å². The molecule has 0 bridgehead atoms. The van der Waals surface area contributed by atoms with E-state index in [-0.39, 0.29) is 12.5 Å². The number of hydrogen-bond donors (Lipinski definition) is 2. The van der Waals surface area contributed by atoms with E-state index >= 15 is 0 Å². The van der Waals surface area contributed by atoms with Gasteiger partial charge in [0.05, 0.1) is 46.8 Å². The van der Waals surface area contributed by atoms with E-state index in [9.17, 15) is 4.79 Å². The van der Waals surface area contributed by atoms with Gasteiger partial charge in [-0.2, -0.15) is 10.2 Å². The van der Waals surface area contributed by atoms with Crippen molar-refractivity contribution in [2.75, 3.05) is 11.9 Å². The number of nitrogens with one attached hydrogen (secondary N) is 1. The molecule has 0 atom stereocenters. The van der Waals surface area contributed by atoms with Crippen molar-refractivity contribution in [2.24, 2.45) is 0 Å². The van der Waals surface area contributed by atoms with E-state index in [0.717, 1.165) is 9.99 Å². The summed E-state index contributed by atoms with van der Waals surface area (Å²) in [5.41, 5.74) is 1.96. The Kier molecular flexibility index (Phi) is 3.72. The number of carbonyl (C=O) groups excluding carboxylic acids is 1. The summed E-state index contributed by atoms with van der Waals surface area (Å²) in [4.78, 5) is 12.2. The number of carbonyl (C=O) groups is 1. The van der Waals surface area contributed by atoms with E-state index in [1.807, 2.05) is 6.07 Å². The van der Waals surface area contributed by atoms with Gasteiger partial charge in [0.1, 0.15) is 0 Å². The zero-order valence-electron chi connectivity index (χ0n) is 10.9. The number of aromatic nitrogens is 4. The summed E-state index contributed by atoms with van der Waals surface area (Å²) in [7, 11) is 0. The Morgan fingerprint density at radius 3 is 2.95 bits per heavy atom. The molecule has 0 saturated heterocycles. The Balaban J connectivity index is 1.79. The van der Waals surface area contributed by atoms with Gasteiger partial charge in [-0.05, 0) is 28.1 Å². The van der Waals surface area contributed by atoms with Crippen molar-refractivity contribution in [1.82, 2.24) is 19.4 Å². The van der Waals surface area contributed by atoms with Crippen molar-refractivity contribution >= 4 is 33.0 Å².